The topological polar surface area (TPSA) is 162 Å². The van der Waals surface area contributed by atoms with E-state index in [9.17, 15) is 24.4 Å². The summed E-state index contributed by atoms with van der Waals surface area (Å²) < 4.78 is 0. The lowest BCUT2D eigenvalue weighted by molar-refractivity contribution is -0.148. The largest absolute Gasteiger partial charge is 0.481 e. The van der Waals surface area contributed by atoms with E-state index in [0.29, 0.717) is 6.42 Å². The van der Waals surface area contributed by atoms with E-state index in [0.717, 1.165) is 10.6 Å². The molecule has 0 bridgehead atoms. The summed E-state index contributed by atoms with van der Waals surface area (Å²) in [6.45, 7) is 7.69. The van der Waals surface area contributed by atoms with Crippen LogP contribution >= 0.6 is 0 Å². The van der Waals surface area contributed by atoms with Crippen molar-refractivity contribution in [1.82, 2.24) is 15.9 Å². The maximum absolute atomic E-state index is 13.4. The first kappa shape index (κ1) is 30.8. The van der Waals surface area contributed by atoms with E-state index in [1.165, 1.54) is 0 Å². The Labute approximate surface area is 212 Å². The zero-order valence-corrected chi connectivity index (χ0v) is 21.5. The molecular formula is C26H40N4O6. The van der Waals surface area contributed by atoms with Crippen LogP contribution in [-0.4, -0.2) is 51.6 Å². The molecule has 1 rings (SSSR count). The highest BCUT2D eigenvalue weighted by atomic mass is 16.5. The average molecular weight is 505 g/mol. The smallest absolute Gasteiger partial charge is 0.303 e. The van der Waals surface area contributed by atoms with E-state index in [1.807, 2.05) is 64.1 Å². The van der Waals surface area contributed by atoms with Gasteiger partial charge in [0.15, 0.2) is 0 Å². The summed E-state index contributed by atoms with van der Waals surface area (Å²) in [4.78, 5) is 49.8. The molecule has 36 heavy (non-hydrogen) atoms. The quantitative estimate of drug-likeness (QED) is 0.192. The summed E-state index contributed by atoms with van der Waals surface area (Å²) in [5.41, 5.74) is 11.1. The first-order chi connectivity index (χ1) is 17.0. The van der Waals surface area contributed by atoms with Gasteiger partial charge in [-0.15, -0.1) is 0 Å². The van der Waals surface area contributed by atoms with Gasteiger partial charge in [0.05, 0.1) is 17.9 Å². The third-order valence-corrected chi connectivity index (χ3v) is 5.54. The average Bonchev–Trinajstić information content (AvgIpc) is 2.82. The van der Waals surface area contributed by atoms with Gasteiger partial charge in [-0.2, -0.15) is 0 Å². The molecule has 0 fully saturated rings. The van der Waals surface area contributed by atoms with Crippen molar-refractivity contribution in [2.45, 2.75) is 59.4 Å². The van der Waals surface area contributed by atoms with Crippen molar-refractivity contribution >= 4 is 29.8 Å². The number of hydroxylamine groups is 1. The van der Waals surface area contributed by atoms with Gasteiger partial charge in [-0.05, 0) is 36.7 Å². The minimum absolute atomic E-state index is 0.0187. The van der Waals surface area contributed by atoms with Gasteiger partial charge in [0.25, 0.3) is 5.91 Å². The van der Waals surface area contributed by atoms with Gasteiger partial charge in [0.1, 0.15) is 0 Å². The number of rotatable bonds is 14. The Hall–Kier alpha value is -3.24. The number of amides is 3. The molecule has 3 amide bonds. The van der Waals surface area contributed by atoms with Crippen LogP contribution in [-0.2, 0) is 19.2 Å². The number of benzene rings is 1. The van der Waals surface area contributed by atoms with Crippen LogP contribution in [0.1, 0.15) is 58.9 Å². The van der Waals surface area contributed by atoms with Gasteiger partial charge in [0.2, 0.25) is 11.8 Å². The molecule has 0 saturated carbocycles. The van der Waals surface area contributed by atoms with Crippen molar-refractivity contribution in [3.8, 4) is 0 Å². The fourth-order valence-corrected chi connectivity index (χ4v) is 3.79. The van der Waals surface area contributed by atoms with Gasteiger partial charge < -0.3 is 10.8 Å². The molecule has 200 valence electrons. The lowest BCUT2D eigenvalue weighted by Crippen LogP contribution is -2.56. The summed E-state index contributed by atoms with van der Waals surface area (Å²) in [5, 5.41) is 19.4. The lowest BCUT2D eigenvalue weighted by atomic mass is 9.82. The molecule has 0 spiro atoms. The van der Waals surface area contributed by atoms with E-state index in [-0.39, 0.29) is 37.6 Å². The first-order valence-electron chi connectivity index (χ1n) is 12.2. The Morgan fingerprint density at radius 3 is 2.17 bits per heavy atom. The molecule has 1 aromatic carbocycles. The number of carbonyl (C=O) groups excluding carboxylic acids is 3. The second kappa shape index (κ2) is 15.7. The highest BCUT2D eigenvalue weighted by Gasteiger charge is 2.35. The number of hydrazine groups is 1. The van der Waals surface area contributed by atoms with E-state index in [1.54, 1.807) is 11.6 Å². The minimum Gasteiger partial charge on any atom is -0.481 e. The van der Waals surface area contributed by atoms with Crippen LogP contribution < -0.4 is 16.6 Å². The van der Waals surface area contributed by atoms with Crippen molar-refractivity contribution in [2.24, 2.45) is 29.4 Å². The van der Waals surface area contributed by atoms with Crippen LogP contribution in [0.2, 0.25) is 0 Å². The molecular weight excluding hydrogens is 464 g/mol. The molecule has 1 aromatic rings. The number of nitrogens with zero attached hydrogens (tertiary/aromatic N) is 1. The number of nitrogens with one attached hydrogen (secondary N) is 2. The Balaban J connectivity index is 3.15. The number of carboxylic acids is 1. The SMILES string of the molecule is CC(C)C[C@@H](C(=O)NN(CC(C)C)C(=O)[C@H](N)CCC(=O)O)[C@H](CC=Cc1ccccc1)C(=O)NO. The molecule has 0 saturated heterocycles. The number of carbonyl (C=O) groups is 4. The van der Waals surface area contributed by atoms with Gasteiger partial charge in [-0.1, -0.05) is 70.2 Å². The maximum atomic E-state index is 13.4. The van der Waals surface area contributed by atoms with Crippen LogP contribution in [0, 0.1) is 23.7 Å². The van der Waals surface area contributed by atoms with Crippen LogP contribution in [0.25, 0.3) is 6.08 Å². The molecule has 0 radical (unpaired) electrons. The summed E-state index contributed by atoms with van der Waals surface area (Å²) >= 11 is 0. The standard InChI is InChI=1S/C26H40N4O6/c1-17(2)15-21(20(25(34)29-36)12-8-11-19-9-6-5-7-10-19)24(33)28-30(16-18(3)4)26(35)22(27)13-14-23(31)32/h5-11,17-18,20-22,36H,12-16,27H2,1-4H3,(H,28,33)(H,29,34)(H,31,32)/t20-,21+,22+/m0/s1. The van der Waals surface area contributed by atoms with Crippen molar-refractivity contribution < 1.29 is 29.5 Å². The van der Waals surface area contributed by atoms with E-state index in [2.05, 4.69) is 5.43 Å². The van der Waals surface area contributed by atoms with Crippen LogP contribution in [0.15, 0.2) is 36.4 Å². The molecule has 0 unspecified atom stereocenters. The fraction of sp³-hybridized carbons (Fsp3) is 0.538. The minimum atomic E-state index is -1.10. The number of nitrogens with two attached hydrogens (primary N) is 1. The van der Waals surface area contributed by atoms with Crippen LogP contribution in [0.4, 0.5) is 0 Å². The summed E-state index contributed by atoms with van der Waals surface area (Å²) in [6, 6.07) is 8.36. The van der Waals surface area contributed by atoms with E-state index < -0.39 is 41.6 Å². The summed E-state index contributed by atoms with van der Waals surface area (Å²) in [5.74, 6) is -4.65. The first-order valence-corrected chi connectivity index (χ1v) is 12.2. The van der Waals surface area contributed by atoms with Gasteiger partial charge in [-0.25, -0.2) is 5.48 Å². The summed E-state index contributed by atoms with van der Waals surface area (Å²) in [6.07, 6.45) is 3.76. The van der Waals surface area contributed by atoms with E-state index >= 15 is 0 Å². The van der Waals surface area contributed by atoms with Crippen molar-refractivity contribution in [2.75, 3.05) is 6.54 Å². The Morgan fingerprint density at radius 2 is 1.64 bits per heavy atom. The monoisotopic (exact) mass is 504 g/mol. The van der Waals surface area contributed by atoms with Gasteiger partial charge in [-0.3, -0.25) is 34.8 Å². The van der Waals surface area contributed by atoms with Crippen molar-refractivity contribution in [1.29, 1.82) is 0 Å². The van der Waals surface area contributed by atoms with E-state index in [4.69, 9.17) is 10.8 Å². The number of allylic oxidation sites excluding steroid dienone is 1. The molecule has 0 heterocycles. The number of hydrogen-bond donors (Lipinski definition) is 5. The second-order valence-electron chi connectivity index (χ2n) is 9.72. The van der Waals surface area contributed by atoms with Gasteiger partial charge >= 0.3 is 5.97 Å². The maximum Gasteiger partial charge on any atom is 0.303 e. The van der Waals surface area contributed by atoms with Crippen LogP contribution in [0.3, 0.4) is 0 Å². The molecule has 0 aromatic heterocycles. The Bertz CT molecular complexity index is 888. The van der Waals surface area contributed by atoms with Crippen LogP contribution in [0.5, 0.6) is 0 Å². The molecule has 3 atom stereocenters. The molecule has 10 heteroatoms. The molecule has 10 nitrogen and oxygen atoms in total. The van der Waals surface area contributed by atoms with Crippen molar-refractivity contribution in [3.63, 3.8) is 0 Å². The Morgan fingerprint density at radius 1 is 1.00 bits per heavy atom. The Kier molecular flexibility index (Phi) is 13.4. The molecule has 0 aliphatic carbocycles. The molecule has 6 N–H and O–H groups in total. The highest BCUT2D eigenvalue weighted by molar-refractivity contribution is 5.90. The molecule has 0 aliphatic rings. The number of hydrogen-bond acceptors (Lipinski definition) is 6. The predicted molar refractivity (Wildman–Crippen MR) is 136 cm³/mol. The number of carboxylic acid groups (broad SMARTS) is 1. The van der Waals surface area contributed by atoms with Crippen molar-refractivity contribution in [3.05, 3.63) is 42.0 Å². The number of aliphatic carboxylic acids is 1. The zero-order chi connectivity index (χ0) is 27.3. The fourth-order valence-electron chi connectivity index (χ4n) is 3.79. The third-order valence-electron chi connectivity index (χ3n) is 5.54. The second-order valence-corrected chi connectivity index (χ2v) is 9.72. The normalized spacial score (nSPS) is 13.9. The van der Waals surface area contributed by atoms with Gasteiger partial charge in [0, 0.05) is 13.0 Å². The highest BCUT2D eigenvalue weighted by Crippen LogP contribution is 2.26. The zero-order valence-electron chi connectivity index (χ0n) is 21.5. The summed E-state index contributed by atoms with van der Waals surface area (Å²) in [7, 11) is 0. The molecule has 0 aliphatic heterocycles. The predicted octanol–water partition coefficient (Wildman–Crippen LogP) is 2.58. The third kappa shape index (κ3) is 11.0. The lowest BCUT2D eigenvalue weighted by Gasteiger charge is -2.31.